The number of nitro benzene ring substituents is 1. The predicted octanol–water partition coefficient (Wildman–Crippen LogP) is 3.35. The second-order valence-corrected chi connectivity index (χ2v) is 4.28. The largest absolute Gasteiger partial charge is 0.458 e. The molecule has 5 heteroatoms. The van der Waals surface area contributed by atoms with Crippen LogP contribution in [0.2, 0.25) is 0 Å². The van der Waals surface area contributed by atoms with E-state index in [2.05, 4.69) is 0 Å². The van der Waals surface area contributed by atoms with E-state index in [1.54, 1.807) is 18.2 Å². The normalized spacial score (nSPS) is 10.5. The number of ether oxygens (including phenoxy) is 1. The zero-order valence-corrected chi connectivity index (χ0v) is 11.1. The van der Waals surface area contributed by atoms with Crippen molar-refractivity contribution in [3.05, 3.63) is 81.9 Å². The third kappa shape index (κ3) is 4.58. The monoisotopic (exact) mass is 283 g/mol. The van der Waals surface area contributed by atoms with Crippen molar-refractivity contribution < 1.29 is 14.5 Å². The van der Waals surface area contributed by atoms with Gasteiger partial charge in [-0.05, 0) is 29.3 Å². The van der Waals surface area contributed by atoms with E-state index in [-0.39, 0.29) is 12.3 Å². The lowest BCUT2D eigenvalue weighted by Crippen LogP contribution is -2.00. The van der Waals surface area contributed by atoms with Gasteiger partial charge in [0.2, 0.25) is 0 Å². The second kappa shape index (κ2) is 7.00. The summed E-state index contributed by atoms with van der Waals surface area (Å²) in [6, 6.07) is 15.3. The van der Waals surface area contributed by atoms with Crippen molar-refractivity contribution in [1.29, 1.82) is 0 Å². The van der Waals surface area contributed by atoms with Gasteiger partial charge in [0, 0.05) is 18.2 Å². The molecule has 0 radical (unpaired) electrons. The van der Waals surface area contributed by atoms with Crippen LogP contribution in [0.5, 0.6) is 0 Å². The summed E-state index contributed by atoms with van der Waals surface area (Å²) in [4.78, 5) is 21.6. The summed E-state index contributed by atoms with van der Waals surface area (Å²) >= 11 is 0. The van der Waals surface area contributed by atoms with Gasteiger partial charge in [0.05, 0.1) is 4.92 Å². The number of carbonyl (C=O) groups is 1. The number of hydrogen-bond donors (Lipinski definition) is 0. The molecule has 0 aliphatic heterocycles. The van der Waals surface area contributed by atoms with Crippen molar-refractivity contribution in [2.75, 3.05) is 0 Å². The van der Waals surface area contributed by atoms with Crippen molar-refractivity contribution in [2.24, 2.45) is 0 Å². The van der Waals surface area contributed by atoms with Crippen molar-refractivity contribution in [3.8, 4) is 0 Å². The fourth-order valence-electron chi connectivity index (χ4n) is 1.64. The Morgan fingerprint density at radius 1 is 1.10 bits per heavy atom. The van der Waals surface area contributed by atoms with E-state index in [9.17, 15) is 14.9 Å². The van der Waals surface area contributed by atoms with E-state index >= 15 is 0 Å². The number of benzene rings is 2. The Morgan fingerprint density at radius 2 is 1.76 bits per heavy atom. The van der Waals surface area contributed by atoms with E-state index in [4.69, 9.17) is 4.74 Å². The molecule has 2 rings (SSSR count). The van der Waals surface area contributed by atoms with Crippen LogP contribution in [0.4, 0.5) is 5.69 Å². The number of nitrogens with zero attached hydrogens (tertiary/aromatic N) is 1. The van der Waals surface area contributed by atoms with E-state index in [0.29, 0.717) is 5.56 Å². The molecule has 21 heavy (non-hydrogen) atoms. The van der Waals surface area contributed by atoms with Crippen LogP contribution in [0.1, 0.15) is 11.1 Å². The minimum absolute atomic E-state index is 0.00838. The highest BCUT2D eigenvalue weighted by atomic mass is 16.6. The van der Waals surface area contributed by atoms with Crippen LogP contribution in [-0.4, -0.2) is 10.9 Å². The number of hydrogen-bond acceptors (Lipinski definition) is 4. The third-order valence-electron chi connectivity index (χ3n) is 2.74. The van der Waals surface area contributed by atoms with Crippen molar-refractivity contribution >= 4 is 17.7 Å². The SMILES string of the molecule is O=C(C=Cc1ccccc1)OCc1ccc([N+](=O)[O-])cc1. The van der Waals surface area contributed by atoms with E-state index in [0.717, 1.165) is 5.56 Å². The predicted molar refractivity (Wildman–Crippen MR) is 78.4 cm³/mol. The van der Waals surface area contributed by atoms with E-state index in [1.165, 1.54) is 18.2 Å². The van der Waals surface area contributed by atoms with Gasteiger partial charge in [-0.25, -0.2) is 4.79 Å². The summed E-state index contributed by atoms with van der Waals surface area (Å²) in [6.45, 7) is 0.0793. The van der Waals surface area contributed by atoms with Crippen LogP contribution < -0.4 is 0 Å². The third-order valence-corrected chi connectivity index (χ3v) is 2.74. The molecular formula is C16H13NO4. The molecule has 0 heterocycles. The molecule has 0 spiro atoms. The first-order valence-electron chi connectivity index (χ1n) is 6.28. The van der Waals surface area contributed by atoms with Gasteiger partial charge in [0.15, 0.2) is 0 Å². The molecule has 0 bridgehead atoms. The molecule has 0 aromatic heterocycles. The first-order valence-corrected chi connectivity index (χ1v) is 6.28. The molecule has 0 atom stereocenters. The van der Waals surface area contributed by atoms with Crippen LogP contribution in [0, 0.1) is 10.1 Å². The lowest BCUT2D eigenvalue weighted by Gasteiger charge is -2.02. The molecule has 0 saturated heterocycles. The molecule has 0 amide bonds. The molecule has 0 aliphatic carbocycles. The molecular weight excluding hydrogens is 270 g/mol. The summed E-state index contributed by atoms with van der Waals surface area (Å²) in [5.41, 5.74) is 1.61. The molecule has 2 aromatic rings. The van der Waals surface area contributed by atoms with Crippen LogP contribution >= 0.6 is 0 Å². The highest BCUT2D eigenvalue weighted by molar-refractivity contribution is 5.87. The zero-order valence-electron chi connectivity index (χ0n) is 11.1. The van der Waals surface area contributed by atoms with Crippen molar-refractivity contribution in [3.63, 3.8) is 0 Å². The number of esters is 1. The molecule has 0 aliphatic rings. The average Bonchev–Trinajstić information content (AvgIpc) is 2.52. The number of rotatable bonds is 5. The molecule has 2 aromatic carbocycles. The van der Waals surface area contributed by atoms with Gasteiger partial charge >= 0.3 is 5.97 Å². The Kier molecular flexibility index (Phi) is 4.82. The van der Waals surface area contributed by atoms with Crippen LogP contribution in [-0.2, 0) is 16.1 Å². The average molecular weight is 283 g/mol. The van der Waals surface area contributed by atoms with E-state index < -0.39 is 10.9 Å². The van der Waals surface area contributed by atoms with Crippen LogP contribution in [0.15, 0.2) is 60.7 Å². The Bertz CT molecular complexity index is 648. The van der Waals surface area contributed by atoms with Crippen LogP contribution in [0.25, 0.3) is 6.08 Å². The van der Waals surface area contributed by atoms with E-state index in [1.807, 2.05) is 30.3 Å². The standard InChI is InChI=1S/C16H13NO4/c18-16(11-8-13-4-2-1-3-5-13)21-12-14-6-9-15(10-7-14)17(19)20/h1-11H,12H2. The minimum Gasteiger partial charge on any atom is -0.458 e. The molecule has 106 valence electrons. The summed E-state index contributed by atoms with van der Waals surface area (Å²) < 4.78 is 5.05. The maximum absolute atomic E-state index is 11.5. The summed E-state index contributed by atoms with van der Waals surface area (Å²) in [5.74, 6) is -0.461. The lowest BCUT2D eigenvalue weighted by atomic mass is 10.2. The maximum Gasteiger partial charge on any atom is 0.331 e. The minimum atomic E-state index is -0.474. The second-order valence-electron chi connectivity index (χ2n) is 4.28. The van der Waals surface area contributed by atoms with Crippen molar-refractivity contribution in [1.82, 2.24) is 0 Å². The van der Waals surface area contributed by atoms with Gasteiger partial charge in [0.25, 0.3) is 5.69 Å². The van der Waals surface area contributed by atoms with Gasteiger partial charge < -0.3 is 4.74 Å². The first-order chi connectivity index (χ1) is 10.1. The molecule has 0 saturated carbocycles. The number of nitro groups is 1. The number of non-ortho nitro benzene ring substituents is 1. The number of carbonyl (C=O) groups excluding carboxylic acids is 1. The van der Waals surface area contributed by atoms with Gasteiger partial charge in [-0.2, -0.15) is 0 Å². The fourth-order valence-corrected chi connectivity index (χ4v) is 1.64. The zero-order chi connectivity index (χ0) is 15.1. The Morgan fingerprint density at radius 3 is 2.38 bits per heavy atom. The highest BCUT2D eigenvalue weighted by Gasteiger charge is 2.05. The lowest BCUT2D eigenvalue weighted by molar-refractivity contribution is -0.384. The molecule has 0 fully saturated rings. The summed E-state index contributed by atoms with van der Waals surface area (Å²) in [6.07, 6.45) is 3.01. The molecule has 0 unspecified atom stereocenters. The molecule has 5 nitrogen and oxygen atoms in total. The Balaban J connectivity index is 1.86. The van der Waals surface area contributed by atoms with Crippen LogP contribution in [0.3, 0.4) is 0 Å². The van der Waals surface area contributed by atoms with Gasteiger partial charge in [-0.1, -0.05) is 30.3 Å². The summed E-state index contributed by atoms with van der Waals surface area (Å²) in [7, 11) is 0. The first kappa shape index (κ1) is 14.5. The Labute approximate surface area is 121 Å². The smallest absolute Gasteiger partial charge is 0.331 e. The van der Waals surface area contributed by atoms with Gasteiger partial charge in [0.1, 0.15) is 6.61 Å². The Hall–Kier alpha value is -2.95. The quantitative estimate of drug-likeness (QED) is 0.365. The topological polar surface area (TPSA) is 69.4 Å². The molecule has 0 N–H and O–H groups in total. The fraction of sp³-hybridized carbons (Fsp3) is 0.0625. The maximum atomic E-state index is 11.5. The highest BCUT2D eigenvalue weighted by Crippen LogP contribution is 2.12. The van der Waals surface area contributed by atoms with Gasteiger partial charge in [-0.15, -0.1) is 0 Å². The van der Waals surface area contributed by atoms with Gasteiger partial charge in [-0.3, -0.25) is 10.1 Å². The van der Waals surface area contributed by atoms with Crippen molar-refractivity contribution in [2.45, 2.75) is 6.61 Å². The summed E-state index contributed by atoms with van der Waals surface area (Å²) in [5, 5.41) is 10.5.